The van der Waals surface area contributed by atoms with E-state index in [2.05, 4.69) is 33.6 Å². The molecule has 36 heavy (non-hydrogen) atoms. The van der Waals surface area contributed by atoms with Gasteiger partial charge in [-0.25, -0.2) is 4.79 Å². The summed E-state index contributed by atoms with van der Waals surface area (Å²) in [7, 11) is 0. The number of hydrogen-bond acceptors (Lipinski definition) is 6. The zero-order valence-electron chi connectivity index (χ0n) is 21.1. The first kappa shape index (κ1) is 29.2. The number of carboxylic acid groups (broad SMARTS) is 1. The number of thiol groups is 1. The number of aliphatic carboxylic acids is 1. The molecule has 11 heteroatoms. The van der Waals surface area contributed by atoms with Crippen molar-refractivity contribution in [1.82, 2.24) is 20.9 Å². The third-order valence-corrected chi connectivity index (χ3v) is 6.70. The second-order valence-electron chi connectivity index (χ2n) is 9.35. The molecular formula is C25H37N5O5S. The molecule has 3 amide bonds. The molecule has 0 fully saturated rings. The third-order valence-electron chi connectivity index (χ3n) is 6.34. The highest BCUT2D eigenvalue weighted by atomic mass is 32.1. The molecule has 0 bridgehead atoms. The lowest BCUT2D eigenvalue weighted by atomic mass is 9.99. The summed E-state index contributed by atoms with van der Waals surface area (Å²) in [6.45, 7) is 7.21. The van der Waals surface area contributed by atoms with Gasteiger partial charge in [0.25, 0.3) is 0 Å². The highest BCUT2D eigenvalue weighted by molar-refractivity contribution is 7.80. The first-order chi connectivity index (χ1) is 17.0. The van der Waals surface area contributed by atoms with Gasteiger partial charge in [0.2, 0.25) is 17.7 Å². The van der Waals surface area contributed by atoms with Gasteiger partial charge >= 0.3 is 5.97 Å². The second-order valence-corrected chi connectivity index (χ2v) is 9.71. The van der Waals surface area contributed by atoms with E-state index >= 15 is 0 Å². The van der Waals surface area contributed by atoms with Crippen LogP contribution in [0.5, 0.6) is 0 Å². The minimum Gasteiger partial charge on any atom is -0.480 e. The van der Waals surface area contributed by atoms with E-state index in [9.17, 15) is 24.3 Å². The van der Waals surface area contributed by atoms with Gasteiger partial charge in [-0.2, -0.15) is 12.6 Å². The van der Waals surface area contributed by atoms with E-state index < -0.39 is 47.9 Å². The van der Waals surface area contributed by atoms with Crippen LogP contribution >= 0.6 is 12.6 Å². The minimum absolute atomic E-state index is 0.00442. The van der Waals surface area contributed by atoms with Crippen molar-refractivity contribution in [3.8, 4) is 0 Å². The van der Waals surface area contributed by atoms with Gasteiger partial charge in [-0.3, -0.25) is 14.4 Å². The first-order valence-electron chi connectivity index (χ1n) is 12.0. The summed E-state index contributed by atoms with van der Waals surface area (Å²) in [5, 5.41) is 18.4. The summed E-state index contributed by atoms with van der Waals surface area (Å²) < 4.78 is 0. The van der Waals surface area contributed by atoms with Gasteiger partial charge in [-0.05, 0) is 23.5 Å². The summed E-state index contributed by atoms with van der Waals surface area (Å²) >= 11 is 4.16. The predicted octanol–water partition coefficient (Wildman–Crippen LogP) is 1.21. The van der Waals surface area contributed by atoms with Gasteiger partial charge in [0.1, 0.15) is 18.1 Å². The molecule has 0 aliphatic heterocycles. The van der Waals surface area contributed by atoms with Crippen LogP contribution in [0.2, 0.25) is 0 Å². The fourth-order valence-corrected chi connectivity index (χ4v) is 4.00. The first-order valence-corrected chi connectivity index (χ1v) is 12.7. The fourth-order valence-electron chi connectivity index (χ4n) is 3.75. The van der Waals surface area contributed by atoms with Crippen molar-refractivity contribution in [1.29, 1.82) is 0 Å². The van der Waals surface area contributed by atoms with E-state index in [1.807, 2.05) is 38.1 Å². The molecule has 0 aliphatic carbocycles. The van der Waals surface area contributed by atoms with E-state index in [0.717, 1.165) is 16.5 Å². The number of carbonyl (C=O) groups excluding carboxylic acids is 3. The molecule has 2 aromatic rings. The molecule has 5 atom stereocenters. The van der Waals surface area contributed by atoms with Crippen LogP contribution in [-0.2, 0) is 25.6 Å². The number of aromatic nitrogens is 1. The topological polar surface area (TPSA) is 166 Å². The Balaban J connectivity index is 2.10. The summed E-state index contributed by atoms with van der Waals surface area (Å²) in [6.07, 6.45) is 2.48. The highest BCUT2D eigenvalue weighted by Crippen LogP contribution is 2.19. The Morgan fingerprint density at radius 2 is 1.64 bits per heavy atom. The Kier molecular flexibility index (Phi) is 10.8. The van der Waals surface area contributed by atoms with Crippen LogP contribution in [0.3, 0.4) is 0 Å². The van der Waals surface area contributed by atoms with Crippen LogP contribution in [0.25, 0.3) is 10.9 Å². The number of fused-ring (bicyclic) bond motifs is 1. The lowest BCUT2D eigenvalue weighted by molar-refractivity contribution is -0.142. The average Bonchev–Trinajstić information content (AvgIpc) is 3.26. The lowest BCUT2D eigenvalue weighted by Gasteiger charge is -2.27. The number of nitrogens with two attached hydrogens (primary N) is 1. The molecule has 2 rings (SSSR count). The van der Waals surface area contributed by atoms with E-state index in [1.165, 1.54) is 0 Å². The number of carbonyl (C=O) groups is 4. The zero-order chi connectivity index (χ0) is 27.0. The molecule has 0 spiro atoms. The molecular weight excluding hydrogens is 482 g/mol. The molecule has 7 N–H and O–H groups in total. The van der Waals surface area contributed by atoms with Gasteiger partial charge in [0.15, 0.2) is 0 Å². The smallest absolute Gasteiger partial charge is 0.326 e. The van der Waals surface area contributed by atoms with Gasteiger partial charge in [-0.1, -0.05) is 52.3 Å². The molecule has 0 saturated heterocycles. The maximum Gasteiger partial charge on any atom is 0.326 e. The average molecular weight is 520 g/mol. The summed E-state index contributed by atoms with van der Waals surface area (Å²) in [4.78, 5) is 53.5. The quantitative estimate of drug-likeness (QED) is 0.196. The van der Waals surface area contributed by atoms with Crippen molar-refractivity contribution in [2.24, 2.45) is 17.6 Å². The van der Waals surface area contributed by atoms with Crippen LogP contribution in [0, 0.1) is 11.8 Å². The number of rotatable bonds is 13. The van der Waals surface area contributed by atoms with Gasteiger partial charge in [0, 0.05) is 29.3 Å². The van der Waals surface area contributed by atoms with E-state index in [4.69, 9.17) is 5.73 Å². The van der Waals surface area contributed by atoms with E-state index in [-0.39, 0.29) is 24.0 Å². The molecule has 1 aromatic carbocycles. The number of amides is 3. The van der Waals surface area contributed by atoms with E-state index in [1.54, 1.807) is 20.0 Å². The Hall–Kier alpha value is -3.05. The second kappa shape index (κ2) is 13.3. The largest absolute Gasteiger partial charge is 0.480 e. The summed E-state index contributed by atoms with van der Waals surface area (Å²) in [6, 6.07) is 3.45. The predicted molar refractivity (Wildman–Crippen MR) is 142 cm³/mol. The van der Waals surface area contributed by atoms with Crippen LogP contribution in [0.15, 0.2) is 30.5 Å². The molecule has 0 saturated carbocycles. The number of benzene rings is 1. The fraction of sp³-hybridized carbons (Fsp3) is 0.520. The molecule has 1 heterocycles. The monoisotopic (exact) mass is 519 g/mol. The Morgan fingerprint density at radius 1 is 1.00 bits per heavy atom. The van der Waals surface area contributed by atoms with Crippen LogP contribution in [0.4, 0.5) is 0 Å². The minimum atomic E-state index is -1.20. The van der Waals surface area contributed by atoms with Crippen molar-refractivity contribution in [2.45, 2.75) is 64.7 Å². The lowest BCUT2D eigenvalue weighted by Crippen LogP contribution is -2.59. The van der Waals surface area contributed by atoms with Crippen LogP contribution < -0.4 is 21.7 Å². The normalized spacial score (nSPS) is 15.5. The van der Waals surface area contributed by atoms with Gasteiger partial charge < -0.3 is 31.8 Å². The maximum absolute atomic E-state index is 13.1. The van der Waals surface area contributed by atoms with Crippen LogP contribution in [-0.4, -0.2) is 63.7 Å². The van der Waals surface area contributed by atoms with Crippen molar-refractivity contribution in [3.05, 3.63) is 36.0 Å². The zero-order valence-corrected chi connectivity index (χ0v) is 22.0. The van der Waals surface area contributed by atoms with Crippen molar-refractivity contribution in [2.75, 3.05) is 5.75 Å². The summed E-state index contributed by atoms with van der Waals surface area (Å²) in [5.74, 6) is -3.34. The van der Waals surface area contributed by atoms with Gasteiger partial charge in [-0.15, -0.1) is 0 Å². The van der Waals surface area contributed by atoms with Gasteiger partial charge in [0.05, 0.1) is 6.04 Å². The highest BCUT2D eigenvalue weighted by Gasteiger charge is 2.32. The molecule has 0 radical (unpaired) electrons. The number of aromatic amines is 1. The Morgan fingerprint density at radius 3 is 2.22 bits per heavy atom. The third kappa shape index (κ3) is 7.47. The van der Waals surface area contributed by atoms with E-state index in [0.29, 0.717) is 6.42 Å². The molecule has 0 aliphatic rings. The number of carboxylic acids is 1. The van der Waals surface area contributed by atoms with Crippen molar-refractivity contribution < 1.29 is 24.3 Å². The molecule has 198 valence electrons. The maximum atomic E-state index is 13.1. The molecule has 1 aromatic heterocycles. The summed E-state index contributed by atoms with van der Waals surface area (Å²) in [5.41, 5.74) is 7.57. The Labute approximate surface area is 216 Å². The van der Waals surface area contributed by atoms with Crippen molar-refractivity contribution in [3.63, 3.8) is 0 Å². The SMILES string of the molecule is CCC(C)C(N)C(=O)NC(CS)C(=O)NC(C(=O)NC(Cc1c[nH]c2ccccc12)C(=O)O)C(C)C. The number of H-pyrrole nitrogens is 1. The Bertz CT molecular complexity index is 1070. The van der Waals surface area contributed by atoms with Crippen molar-refractivity contribution >= 4 is 47.2 Å². The number of hydrogen-bond donors (Lipinski definition) is 7. The molecule has 5 unspecified atom stereocenters. The van der Waals surface area contributed by atoms with Crippen LogP contribution in [0.1, 0.15) is 39.7 Å². The standard InChI is InChI=1S/C25H37N5O5S/c1-5-14(4)20(26)23(32)29-19(12-36)22(31)30-21(13(2)3)24(33)28-18(25(34)35)10-15-11-27-17-9-7-6-8-16(15)17/h6-9,11,13-14,18-21,27,36H,5,10,12,26H2,1-4H3,(H,28,33)(H,29,32)(H,30,31)(H,34,35). The number of para-hydroxylation sites is 1. The molecule has 10 nitrogen and oxygen atoms in total. The number of nitrogens with one attached hydrogen (secondary N) is 4.